The number of phenolic OH excluding ortho intramolecular Hbond substituents is 4. The van der Waals surface area contributed by atoms with Crippen molar-refractivity contribution in [2.24, 2.45) is 0 Å². The molecule has 0 aliphatic carbocycles. The number of carbonyl (C=O) groups excluding carboxylic acids is 2. The topological polar surface area (TPSA) is 177 Å². The van der Waals surface area contributed by atoms with Crippen molar-refractivity contribution in [1.82, 2.24) is 0 Å². The Morgan fingerprint density at radius 3 is 1.85 bits per heavy atom. The number of nitro benzene ring substituents is 1. The zero-order valence-electron chi connectivity index (χ0n) is 14.1. The molecule has 0 unspecified atom stereocenters. The molecule has 0 spiro atoms. The highest BCUT2D eigenvalue weighted by molar-refractivity contribution is 5.93. The molecule has 4 N–H and O–H groups in total. The standard InChI is InChI=1S/C8H7NO6.C8H8O4/c1-15-8(12)4-2-5(9(13)14)7(11)3-6(4)10;1-12-8(11)6-3-2-5(9)4-7(6)10/h2-3,10-11H,1H3;2-4,9-10H,1H3. The van der Waals surface area contributed by atoms with Gasteiger partial charge in [0, 0.05) is 18.2 Å². The third kappa shape index (κ3) is 5.22. The lowest BCUT2D eigenvalue weighted by atomic mass is 10.1. The van der Waals surface area contributed by atoms with E-state index in [4.69, 9.17) is 15.3 Å². The minimum Gasteiger partial charge on any atom is -0.508 e. The van der Waals surface area contributed by atoms with Crippen LogP contribution in [-0.4, -0.2) is 51.5 Å². The van der Waals surface area contributed by atoms with Crippen LogP contribution < -0.4 is 0 Å². The molecule has 11 heteroatoms. The summed E-state index contributed by atoms with van der Waals surface area (Å²) in [4.78, 5) is 31.4. The van der Waals surface area contributed by atoms with Gasteiger partial charge in [0.15, 0.2) is 5.75 Å². The number of hydrogen-bond donors (Lipinski definition) is 4. The zero-order valence-corrected chi connectivity index (χ0v) is 14.1. The highest BCUT2D eigenvalue weighted by atomic mass is 16.6. The van der Waals surface area contributed by atoms with E-state index in [1.807, 2.05) is 0 Å². The quantitative estimate of drug-likeness (QED) is 0.347. The predicted molar refractivity (Wildman–Crippen MR) is 88.9 cm³/mol. The van der Waals surface area contributed by atoms with Crippen LogP contribution in [0.2, 0.25) is 0 Å². The minimum atomic E-state index is -0.921. The Labute approximate surface area is 151 Å². The van der Waals surface area contributed by atoms with E-state index in [1.54, 1.807) is 0 Å². The van der Waals surface area contributed by atoms with Crippen LogP contribution >= 0.6 is 0 Å². The maximum Gasteiger partial charge on any atom is 0.341 e. The first-order valence-electron chi connectivity index (χ1n) is 7.01. The summed E-state index contributed by atoms with van der Waals surface area (Å²) in [6.45, 7) is 0. The molecule has 0 radical (unpaired) electrons. The monoisotopic (exact) mass is 381 g/mol. The molecule has 0 bridgehead atoms. The van der Waals surface area contributed by atoms with Crippen molar-refractivity contribution in [2.45, 2.75) is 0 Å². The van der Waals surface area contributed by atoms with Gasteiger partial charge in [-0.1, -0.05) is 0 Å². The third-order valence-corrected chi connectivity index (χ3v) is 3.08. The van der Waals surface area contributed by atoms with Crippen LogP contribution in [0, 0.1) is 10.1 Å². The van der Waals surface area contributed by atoms with Crippen LogP contribution in [0.15, 0.2) is 30.3 Å². The molecule has 2 aromatic rings. The molecule has 0 atom stereocenters. The summed E-state index contributed by atoms with van der Waals surface area (Å²) in [7, 11) is 2.29. The lowest BCUT2D eigenvalue weighted by Crippen LogP contribution is -2.02. The number of esters is 2. The number of methoxy groups -OCH3 is 2. The second-order valence-corrected chi connectivity index (χ2v) is 4.80. The van der Waals surface area contributed by atoms with Crippen molar-refractivity contribution in [2.75, 3.05) is 14.2 Å². The van der Waals surface area contributed by atoms with Crippen LogP contribution in [0.1, 0.15) is 20.7 Å². The molecule has 0 saturated carbocycles. The molecule has 0 fully saturated rings. The summed E-state index contributed by atoms with van der Waals surface area (Å²) >= 11 is 0. The number of aromatic hydroxyl groups is 4. The van der Waals surface area contributed by atoms with E-state index in [0.29, 0.717) is 6.07 Å². The van der Waals surface area contributed by atoms with Crippen molar-refractivity contribution in [3.05, 3.63) is 51.6 Å². The SMILES string of the molecule is COC(=O)c1cc([N+](=O)[O-])c(O)cc1O.COC(=O)c1ccc(O)cc1O. The van der Waals surface area contributed by atoms with Crippen LogP contribution in [-0.2, 0) is 9.47 Å². The largest absolute Gasteiger partial charge is 0.508 e. The van der Waals surface area contributed by atoms with E-state index < -0.39 is 34.0 Å². The Balaban J connectivity index is 0.000000277. The van der Waals surface area contributed by atoms with Crippen LogP contribution in [0.3, 0.4) is 0 Å². The van der Waals surface area contributed by atoms with Crippen molar-refractivity contribution in [3.8, 4) is 23.0 Å². The Morgan fingerprint density at radius 1 is 0.852 bits per heavy atom. The lowest BCUT2D eigenvalue weighted by molar-refractivity contribution is -0.385. The molecular weight excluding hydrogens is 366 g/mol. The van der Waals surface area contributed by atoms with Crippen LogP contribution in [0.25, 0.3) is 0 Å². The minimum absolute atomic E-state index is 0.0373. The summed E-state index contributed by atoms with van der Waals surface area (Å²) in [5, 5.41) is 46.7. The van der Waals surface area contributed by atoms with Gasteiger partial charge in [-0.05, 0) is 12.1 Å². The van der Waals surface area contributed by atoms with Gasteiger partial charge in [-0.15, -0.1) is 0 Å². The molecule has 0 saturated heterocycles. The molecule has 2 aromatic carbocycles. The van der Waals surface area contributed by atoms with Gasteiger partial charge in [0.05, 0.1) is 19.1 Å². The van der Waals surface area contributed by atoms with Gasteiger partial charge in [-0.2, -0.15) is 0 Å². The Morgan fingerprint density at radius 2 is 1.37 bits per heavy atom. The fourth-order valence-corrected chi connectivity index (χ4v) is 1.79. The summed E-state index contributed by atoms with van der Waals surface area (Å²) in [5.41, 5.74) is -1.01. The van der Waals surface area contributed by atoms with Crippen molar-refractivity contribution >= 4 is 17.6 Å². The second kappa shape index (κ2) is 8.89. The summed E-state index contributed by atoms with van der Waals surface area (Å²) in [6, 6.07) is 5.12. The number of nitro groups is 1. The van der Waals surface area contributed by atoms with E-state index in [2.05, 4.69) is 9.47 Å². The molecule has 11 nitrogen and oxygen atoms in total. The number of ether oxygens (including phenoxy) is 2. The first-order chi connectivity index (χ1) is 12.6. The first kappa shape index (κ1) is 21.0. The van der Waals surface area contributed by atoms with E-state index in [9.17, 15) is 24.8 Å². The van der Waals surface area contributed by atoms with Gasteiger partial charge in [0.25, 0.3) is 0 Å². The normalized spacial score (nSPS) is 9.56. The Bertz CT molecular complexity index is 878. The molecule has 0 aliphatic rings. The molecule has 0 aliphatic heterocycles. The zero-order chi connectivity index (χ0) is 20.7. The van der Waals surface area contributed by atoms with Crippen molar-refractivity contribution in [1.29, 1.82) is 0 Å². The molecular formula is C16H15NO10. The van der Waals surface area contributed by atoms with Gasteiger partial charge >= 0.3 is 17.6 Å². The molecule has 0 amide bonds. The predicted octanol–water partition coefficient (Wildman–Crippen LogP) is 1.68. The number of phenols is 4. The van der Waals surface area contributed by atoms with E-state index in [1.165, 1.54) is 19.2 Å². The van der Waals surface area contributed by atoms with Gasteiger partial charge in [0.2, 0.25) is 0 Å². The van der Waals surface area contributed by atoms with Crippen molar-refractivity contribution in [3.63, 3.8) is 0 Å². The van der Waals surface area contributed by atoms with Crippen LogP contribution in [0.5, 0.6) is 23.0 Å². The fraction of sp³-hybridized carbons (Fsp3) is 0.125. The average molecular weight is 381 g/mol. The summed E-state index contributed by atoms with van der Waals surface area (Å²) in [6.07, 6.45) is 0. The highest BCUT2D eigenvalue weighted by Gasteiger charge is 2.21. The molecule has 144 valence electrons. The second-order valence-electron chi connectivity index (χ2n) is 4.80. The maximum absolute atomic E-state index is 11.0. The van der Waals surface area contributed by atoms with Crippen LogP contribution in [0.4, 0.5) is 5.69 Å². The number of nitrogens with zero attached hydrogens (tertiary/aromatic N) is 1. The fourth-order valence-electron chi connectivity index (χ4n) is 1.79. The van der Waals surface area contributed by atoms with Gasteiger partial charge in [-0.25, -0.2) is 9.59 Å². The third-order valence-electron chi connectivity index (χ3n) is 3.08. The summed E-state index contributed by atoms with van der Waals surface area (Å²) < 4.78 is 8.66. The van der Waals surface area contributed by atoms with E-state index in [0.717, 1.165) is 19.2 Å². The van der Waals surface area contributed by atoms with E-state index in [-0.39, 0.29) is 22.6 Å². The molecule has 0 heterocycles. The van der Waals surface area contributed by atoms with E-state index >= 15 is 0 Å². The Hall–Kier alpha value is -4.02. The average Bonchev–Trinajstić information content (AvgIpc) is 2.60. The smallest absolute Gasteiger partial charge is 0.341 e. The van der Waals surface area contributed by atoms with Gasteiger partial charge < -0.3 is 29.9 Å². The highest BCUT2D eigenvalue weighted by Crippen LogP contribution is 2.33. The Kier molecular flexibility index (Phi) is 6.93. The lowest BCUT2D eigenvalue weighted by Gasteiger charge is -2.03. The van der Waals surface area contributed by atoms with Crippen molar-refractivity contribution < 1.29 is 44.4 Å². The summed E-state index contributed by atoms with van der Waals surface area (Å²) in [5.74, 6) is -3.24. The number of carbonyl (C=O) groups is 2. The first-order valence-corrected chi connectivity index (χ1v) is 7.01. The van der Waals surface area contributed by atoms with Gasteiger partial charge in [0.1, 0.15) is 28.4 Å². The number of hydrogen-bond acceptors (Lipinski definition) is 10. The van der Waals surface area contributed by atoms with Gasteiger partial charge in [-0.3, -0.25) is 10.1 Å². The molecule has 2 rings (SSSR count). The molecule has 0 aromatic heterocycles. The molecule has 27 heavy (non-hydrogen) atoms. The maximum atomic E-state index is 11.0. The number of benzene rings is 2. The number of rotatable bonds is 3.